The van der Waals surface area contributed by atoms with Crippen molar-refractivity contribution >= 4 is 45.2 Å². The van der Waals surface area contributed by atoms with Crippen LogP contribution in [-0.2, 0) is 0 Å². The van der Waals surface area contributed by atoms with E-state index in [0.717, 1.165) is 19.7 Å². The molecule has 0 amide bonds. The molecule has 1 fully saturated rings. The summed E-state index contributed by atoms with van der Waals surface area (Å²) in [6.07, 6.45) is 16.0. The molecule has 0 aromatic rings. The molecule has 0 heterocycles. The van der Waals surface area contributed by atoms with Gasteiger partial charge in [0.05, 0.1) is 0 Å². The second-order valence-corrected chi connectivity index (χ2v) is 9.93. The molecule has 1 rings (SSSR count). The van der Waals surface area contributed by atoms with Gasteiger partial charge in [-0.15, -0.1) is 0 Å². The molecular weight excluding hydrogens is 458 g/mol. The van der Waals surface area contributed by atoms with Gasteiger partial charge in [-0.3, -0.25) is 0 Å². The third-order valence-corrected chi connectivity index (χ3v) is 7.44. The van der Waals surface area contributed by atoms with E-state index in [4.69, 9.17) is 0 Å². The highest BCUT2D eigenvalue weighted by atomic mass is 127. The van der Waals surface area contributed by atoms with Crippen molar-refractivity contribution in [3.8, 4) is 0 Å². The smallest absolute Gasteiger partial charge is 0.0110 e. The minimum Gasteiger partial charge on any atom is -0.0826 e. The summed E-state index contributed by atoms with van der Waals surface area (Å²) in [6, 6.07) is 0. The lowest BCUT2D eigenvalue weighted by molar-refractivity contribution is 0.398. The Morgan fingerprint density at radius 3 is 1.53 bits per heavy atom. The van der Waals surface area contributed by atoms with Crippen molar-refractivity contribution in [3.05, 3.63) is 0 Å². The van der Waals surface area contributed by atoms with Crippen LogP contribution < -0.4 is 0 Å². The zero-order chi connectivity index (χ0) is 14.1. The summed E-state index contributed by atoms with van der Waals surface area (Å²) in [6.45, 7) is 4.78. The Morgan fingerprint density at radius 2 is 1.05 bits per heavy atom. The van der Waals surface area contributed by atoms with E-state index in [2.05, 4.69) is 59.0 Å². The second-order valence-electron chi connectivity index (χ2n) is 6.41. The third-order valence-electron chi connectivity index (χ3n) is 4.95. The highest BCUT2D eigenvalue weighted by molar-refractivity contribution is 14.1. The molecule has 114 valence electrons. The number of hydrogen-bond acceptors (Lipinski definition) is 0. The van der Waals surface area contributed by atoms with Crippen LogP contribution in [0, 0.1) is 11.8 Å². The minimum atomic E-state index is 0.928. The maximum Gasteiger partial charge on any atom is 0.0110 e. The van der Waals surface area contributed by atoms with E-state index in [1.54, 1.807) is 0 Å². The highest BCUT2D eigenvalue weighted by Gasteiger charge is 2.16. The van der Waals surface area contributed by atoms with Crippen LogP contribution in [0.25, 0.3) is 0 Å². The van der Waals surface area contributed by atoms with Crippen LogP contribution in [0.3, 0.4) is 0 Å². The van der Waals surface area contributed by atoms with Crippen LogP contribution in [0.15, 0.2) is 0 Å². The van der Waals surface area contributed by atoms with E-state index < -0.39 is 0 Å². The van der Waals surface area contributed by atoms with Crippen LogP contribution in [0.4, 0.5) is 0 Å². The van der Waals surface area contributed by atoms with Crippen LogP contribution in [0.2, 0.25) is 0 Å². The largest absolute Gasteiger partial charge is 0.0826 e. The average molecular weight is 490 g/mol. The first-order valence-corrected chi connectivity index (χ1v) is 10.9. The molecule has 0 aromatic heterocycles. The van der Waals surface area contributed by atoms with Crippen LogP contribution in [0.5, 0.6) is 0 Å². The fourth-order valence-electron chi connectivity index (χ4n) is 3.27. The first kappa shape index (κ1) is 18.5. The fourth-order valence-corrected chi connectivity index (χ4v) is 4.79. The number of halogens is 2. The molecule has 0 nitrogen and oxygen atoms in total. The van der Waals surface area contributed by atoms with Crippen LogP contribution in [-0.4, -0.2) is 7.85 Å². The van der Waals surface area contributed by atoms with Gasteiger partial charge in [0.25, 0.3) is 0 Å². The summed E-state index contributed by atoms with van der Waals surface area (Å²) in [5.74, 6) is 2.00. The molecule has 0 bridgehead atoms. The lowest BCUT2D eigenvalue weighted by Crippen LogP contribution is -2.07. The van der Waals surface area contributed by atoms with Crippen LogP contribution >= 0.6 is 45.2 Å². The van der Waals surface area contributed by atoms with Gasteiger partial charge in [0.1, 0.15) is 0 Å². The highest BCUT2D eigenvalue weighted by Crippen LogP contribution is 2.30. The standard InChI is InChI=1S/C17H32I2/c1-3-14-6-5-7-16(18)11-9-15(4-2)10-13-17(19)12-8-14/h14-17H,3-13H2,1-2H3/t14?,15?,16?,17-/m0/s1. The quantitative estimate of drug-likeness (QED) is 0.285. The summed E-state index contributed by atoms with van der Waals surface area (Å²) >= 11 is 5.42. The number of rotatable bonds is 2. The zero-order valence-electron chi connectivity index (χ0n) is 12.8. The second kappa shape index (κ2) is 11.1. The minimum absolute atomic E-state index is 0.928. The van der Waals surface area contributed by atoms with Gasteiger partial charge in [-0.05, 0) is 56.8 Å². The fraction of sp³-hybridized carbons (Fsp3) is 1.00. The summed E-state index contributed by atoms with van der Waals surface area (Å²) in [5, 5.41) is 0. The Labute approximate surface area is 148 Å². The lowest BCUT2D eigenvalue weighted by Gasteiger charge is -2.18. The Hall–Kier alpha value is 1.46. The van der Waals surface area contributed by atoms with E-state index in [9.17, 15) is 0 Å². The van der Waals surface area contributed by atoms with E-state index in [1.165, 1.54) is 70.6 Å². The third kappa shape index (κ3) is 8.47. The van der Waals surface area contributed by atoms with Crippen molar-refractivity contribution in [1.82, 2.24) is 0 Å². The van der Waals surface area contributed by atoms with Gasteiger partial charge in [0, 0.05) is 7.85 Å². The van der Waals surface area contributed by atoms with Crippen molar-refractivity contribution < 1.29 is 0 Å². The monoisotopic (exact) mass is 490 g/mol. The zero-order valence-corrected chi connectivity index (χ0v) is 17.2. The van der Waals surface area contributed by atoms with Crippen LogP contribution in [0.1, 0.15) is 84.5 Å². The lowest BCUT2D eigenvalue weighted by atomic mass is 9.92. The molecule has 19 heavy (non-hydrogen) atoms. The van der Waals surface area contributed by atoms with Gasteiger partial charge in [0.15, 0.2) is 0 Å². The van der Waals surface area contributed by atoms with Crippen molar-refractivity contribution in [3.63, 3.8) is 0 Å². The predicted octanol–water partition coefficient (Wildman–Crippen LogP) is 7.17. The Bertz CT molecular complexity index is 217. The van der Waals surface area contributed by atoms with Crippen molar-refractivity contribution in [2.75, 3.05) is 0 Å². The van der Waals surface area contributed by atoms with Gasteiger partial charge in [-0.25, -0.2) is 0 Å². The maximum absolute atomic E-state index is 2.72. The summed E-state index contributed by atoms with van der Waals surface area (Å²) in [5.41, 5.74) is 0. The summed E-state index contributed by atoms with van der Waals surface area (Å²) in [4.78, 5) is 0. The predicted molar refractivity (Wildman–Crippen MR) is 105 cm³/mol. The maximum atomic E-state index is 2.72. The molecule has 1 aliphatic carbocycles. The molecule has 0 radical (unpaired) electrons. The number of alkyl halides is 2. The Balaban J connectivity index is 2.49. The normalized spacial score (nSPS) is 36.0. The Morgan fingerprint density at radius 1 is 0.632 bits per heavy atom. The molecule has 0 saturated heterocycles. The molecule has 4 atom stereocenters. The van der Waals surface area contributed by atoms with Crippen molar-refractivity contribution in [1.29, 1.82) is 0 Å². The molecule has 0 aliphatic heterocycles. The van der Waals surface area contributed by atoms with Gasteiger partial charge in [0.2, 0.25) is 0 Å². The van der Waals surface area contributed by atoms with E-state index >= 15 is 0 Å². The SMILES string of the molecule is CCC1CCCC(I)CCC(CC)CC[C@@H](I)CC1. The van der Waals surface area contributed by atoms with Gasteiger partial charge < -0.3 is 0 Å². The van der Waals surface area contributed by atoms with Crippen molar-refractivity contribution in [2.45, 2.75) is 92.3 Å². The van der Waals surface area contributed by atoms with E-state index in [0.29, 0.717) is 0 Å². The van der Waals surface area contributed by atoms with Gasteiger partial charge in [-0.1, -0.05) is 84.7 Å². The molecule has 2 heteroatoms. The Kier molecular flexibility index (Phi) is 10.8. The van der Waals surface area contributed by atoms with E-state index in [-0.39, 0.29) is 0 Å². The van der Waals surface area contributed by atoms with Gasteiger partial charge >= 0.3 is 0 Å². The first-order valence-electron chi connectivity index (χ1n) is 8.43. The molecule has 0 spiro atoms. The molecule has 0 aromatic carbocycles. The van der Waals surface area contributed by atoms with Gasteiger partial charge in [-0.2, -0.15) is 0 Å². The number of hydrogen-bond donors (Lipinski definition) is 0. The van der Waals surface area contributed by atoms with E-state index in [1.807, 2.05) is 0 Å². The van der Waals surface area contributed by atoms with Crippen molar-refractivity contribution in [2.24, 2.45) is 11.8 Å². The molecule has 1 aliphatic rings. The molecular formula is C17H32I2. The topological polar surface area (TPSA) is 0 Å². The summed E-state index contributed by atoms with van der Waals surface area (Å²) < 4.78 is 1.86. The first-order chi connectivity index (χ1) is 9.15. The molecule has 0 N–H and O–H groups in total. The average Bonchev–Trinajstić information content (AvgIpc) is 2.43. The molecule has 3 unspecified atom stereocenters. The summed E-state index contributed by atoms with van der Waals surface area (Å²) in [7, 11) is 0. The molecule has 1 saturated carbocycles.